The first-order chi connectivity index (χ1) is 16.9. The summed E-state index contributed by atoms with van der Waals surface area (Å²) in [6, 6.07) is 15.7. The Bertz CT molecular complexity index is 1370. The topological polar surface area (TPSA) is 71.0 Å². The lowest BCUT2D eigenvalue weighted by molar-refractivity contribution is -0.137. The van der Waals surface area contributed by atoms with Gasteiger partial charge in [-0.15, -0.1) is 0 Å². The van der Waals surface area contributed by atoms with Crippen LogP contribution in [-0.2, 0) is 12.7 Å². The summed E-state index contributed by atoms with van der Waals surface area (Å²) in [4.78, 5) is 28.0. The normalized spacial score (nSPS) is 14.4. The van der Waals surface area contributed by atoms with Gasteiger partial charge in [0.15, 0.2) is 0 Å². The Labute approximate surface area is 199 Å². The van der Waals surface area contributed by atoms with Crippen LogP contribution in [-0.4, -0.2) is 38.8 Å². The van der Waals surface area contributed by atoms with E-state index < -0.39 is 17.6 Å². The molecule has 0 bridgehead atoms. The zero-order valence-electron chi connectivity index (χ0n) is 18.7. The lowest BCUT2D eigenvalue weighted by Gasteiger charge is -2.14. The van der Waals surface area contributed by atoms with Crippen LogP contribution in [0.1, 0.15) is 34.5 Å². The Morgan fingerprint density at radius 2 is 1.74 bits per heavy atom. The first-order valence-electron chi connectivity index (χ1n) is 11.3. The second-order valence-electron chi connectivity index (χ2n) is 8.50. The number of amides is 1. The van der Waals surface area contributed by atoms with Gasteiger partial charge >= 0.3 is 6.18 Å². The van der Waals surface area contributed by atoms with Gasteiger partial charge in [-0.2, -0.15) is 13.2 Å². The molecular weight excluding hydrogens is 455 g/mol. The van der Waals surface area contributed by atoms with Crippen LogP contribution in [0.15, 0.2) is 67.0 Å². The largest absolute Gasteiger partial charge is 0.416 e. The van der Waals surface area contributed by atoms with Crippen molar-refractivity contribution in [2.24, 2.45) is 0 Å². The van der Waals surface area contributed by atoms with Crippen LogP contribution in [0.5, 0.6) is 0 Å². The standard InChI is InChI=1S/C26H22F3N5O/c27-26(28,29)19-5-3-4-18(14-19)23-24-21(30-16-31-23)10-11-22(33-24)25(35)32-20-8-6-17(7-9-20)15-34-12-1-2-13-34/h3-11,14,16H,1-2,12-13,15H2,(H,32,35). The Morgan fingerprint density at radius 1 is 0.971 bits per heavy atom. The summed E-state index contributed by atoms with van der Waals surface area (Å²) in [5.41, 5.74) is 2.27. The third-order valence-corrected chi connectivity index (χ3v) is 5.99. The zero-order valence-corrected chi connectivity index (χ0v) is 18.7. The van der Waals surface area contributed by atoms with Crippen LogP contribution < -0.4 is 5.32 Å². The second-order valence-corrected chi connectivity index (χ2v) is 8.50. The van der Waals surface area contributed by atoms with Gasteiger partial charge in [-0.05, 0) is 67.9 Å². The van der Waals surface area contributed by atoms with E-state index >= 15 is 0 Å². The molecule has 1 aliphatic rings. The summed E-state index contributed by atoms with van der Waals surface area (Å²) in [6.45, 7) is 3.11. The molecule has 0 aliphatic carbocycles. The number of aromatic nitrogens is 3. The van der Waals surface area contributed by atoms with Gasteiger partial charge < -0.3 is 5.32 Å². The van der Waals surface area contributed by atoms with Gasteiger partial charge in [0.05, 0.1) is 16.8 Å². The van der Waals surface area contributed by atoms with Gasteiger partial charge in [0.25, 0.3) is 5.91 Å². The number of likely N-dealkylation sites (tertiary alicyclic amines) is 1. The number of nitrogens with one attached hydrogen (secondary N) is 1. The number of anilines is 1. The smallest absolute Gasteiger partial charge is 0.321 e. The van der Waals surface area contributed by atoms with Crippen LogP contribution in [0, 0.1) is 0 Å². The average molecular weight is 477 g/mol. The summed E-state index contributed by atoms with van der Waals surface area (Å²) in [5, 5.41) is 2.83. The molecule has 9 heteroatoms. The Hall–Kier alpha value is -3.85. The number of nitrogens with zero attached hydrogens (tertiary/aromatic N) is 4. The summed E-state index contributed by atoms with van der Waals surface area (Å²) >= 11 is 0. The molecule has 4 aromatic rings. The maximum Gasteiger partial charge on any atom is 0.416 e. The molecule has 0 spiro atoms. The molecule has 0 unspecified atom stereocenters. The van der Waals surface area contributed by atoms with Crippen molar-refractivity contribution in [3.63, 3.8) is 0 Å². The molecule has 6 nitrogen and oxygen atoms in total. The molecule has 2 aromatic heterocycles. The number of benzene rings is 2. The number of pyridine rings is 1. The Morgan fingerprint density at radius 3 is 2.49 bits per heavy atom. The maximum absolute atomic E-state index is 13.2. The molecule has 0 saturated carbocycles. The van der Waals surface area contributed by atoms with Crippen LogP contribution in [0.4, 0.5) is 18.9 Å². The van der Waals surface area contributed by atoms with Crippen molar-refractivity contribution < 1.29 is 18.0 Å². The fourth-order valence-corrected chi connectivity index (χ4v) is 4.21. The summed E-state index contributed by atoms with van der Waals surface area (Å²) in [5.74, 6) is -0.432. The molecule has 1 N–H and O–H groups in total. The van der Waals surface area contributed by atoms with Crippen LogP contribution in [0.2, 0.25) is 0 Å². The van der Waals surface area contributed by atoms with E-state index in [4.69, 9.17) is 0 Å². The molecule has 178 valence electrons. The number of halogens is 3. The fraction of sp³-hybridized carbons (Fsp3) is 0.231. The van der Waals surface area contributed by atoms with Crippen molar-refractivity contribution in [2.45, 2.75) is 25.6 Å². The first kappa shape index (κ1) is 22.9. The van der Waals surface area contributed by atoms with E-state index in [9.17, 15) is 18.0 Å². The molecule has 2 aromatic carbocycles. The molecular formula is C26H22F3N5O. The van der Waals surface area contributed by atoms with Crippen molar-refractivity contribution in [1.82, 2.24) is 19.9 Å². The van der Waals surface area contributed by atoms with Crippen molar-refractivity contribution in [1.29, 1.82) is 0 Å². The van der Waals surface area contributed by atoms with Gasteiger partial charge in [0.2, 0.25) is 0 Å². The minimum Gasteiger partial charge on any atom is -0.321 e. The van der Waals surface area contributed by atoms with E-state index in [2.05, 4.69) is 25.2 Å². The van der Waals surface area contributed by atoms with Crippen molar-refractivity contribution in [3.8, 4) is 11.3 Å². The van der Waals surface area contributed by atoms with Crippen LogP contribution in [0.3, 0.4) is 0 Å². The Kier molecular flexibility index (Phi) is 6.17. The lowest BCUT2D eigenvalue weighted by atomic mass is 10.1. The number of hydrogen-bond acceptors (Lipinski definition) is 5. The SMILES string of the molecule is O=C(Nc1ccc(CN2CCCC2)cc1)c1ccc2ncnc(-c3cccc(C(F)(F)F)c3)c2n1. The predicted octanol–water partition coefficient (Wildman–Crippen LogP) is 5.56. The molecule has 35 heavy (non-hydrogen) atoms. The van der Waals surface area contributed by atoms with Gasteiger partial charge in [-0.3, -0.25) is 9.69 Å². The maximum atomic E-state index is 13.2. The van der Waals surface area contributed by atoms with E-state index in [1.165, 1.54) is 42.9 Å². The van der Waals surface area contributed by atoms with Gasteiger partial charge in [0, 0.05) is 17.8 Å². The second kappa shape index (κ2) is 9.42. The van der Waals surface area contributed by atoms with Gasteiger partial charge in [-0.1, -0.05) is 24.3 Å². The number of fused-ring (bicyclic) bond motifs is 1. The molecule has 1 aliphatic heterocycles. The van der Waals surface area contributed by atoms with Crippen LogP contribution in [0.25, 0.3) is 22.3 Å². The molecule has 1 amide bonds. The molecule has 0 radical (unpaired) electrons. The minimum atomic E-state index is -4.48. The van der Waals surface area contributed by atoms with E-state index in [1.54, 1.807) is 6.07 Å². The quantitative estimate of drug-likeness (QED) is 0.408. The average Bonchev–Trinajstić information content (AvgIpc) is 3.37. The number of carbonyl (C=O) groups excluding carboxylic acids is 1. The zero-order chi connectivity index (χ0) is 24.4. The van der Waals surface area contributed by atoms with E-state index in [-0.39, 0.29) is 22.5 Å². The van der Waals surface area contributed by atoms with Crippen molar-refractivity contribution in [2.75, 3.05) is 18.4 Å². The number of rotatable bonds is 5. The first-order valence-corrected chi connectivity index (χ1v) is 11.3. The molecule has 5 rings (SSSR count). The molecule has 1 saturated heterocycles. The third kappa shape index (κ3) is 5.14. The van der Waals surface area contributed by atoms with E-state index in [1.807, 2.05) is 24.3 Å². The van der Waals surface area contributed by atoms with E-state index in [0.29, 0.717) is 11.2 Å². The molecule has 0 atom stereocenters. The highest BCUT2D eigenvalue weighted by molar-refractivity contribution is 6.04. The monoisotopic (exact) mass is 477 g/mol. The number of hydrogen-bond donors (Lipinski definition) is 1. The lowest BCUT2D eigenvalue weighted by Crippen LogP contribution is -2.18. The highest BCUT2D eigenvalue weighted by atomic mass is 19.4. The summed E-state index contributed by atoms with van der Waals surface area (Å²) in [6.07, 6.45) is -0.759. The van der Waals surface area contributed by atoms with Crippen molar-refractivity contribution >= 4 is 22.6 Å². The summed E-state index contributed by atoms with van der Waals surface area (Å²) < 4.78 is 39.6. The van der Waals surface area contributed by atoms with Crippen molar-refractivity contribution in [3.05, 3.63) is 83.8 Å². The number of carbonyl (C=O) groups is 1. The fourth-order valence-electron chi connectivity index (χ4n) is 4.21. The Balaban J connectivity index is 1.39. The number of alkyl halides is 3. The minimum absolute atomic E-state index is 0.113. The predicted molar refractivity (Wildman–Crippen MR) is 127 cm³/mol. The summed E-state index contributed by atoms with van der Waals surface area (Å²) in [7, 11) is 0. The molecule has 3 heterocycles. The van der Waals surface area contributed by atoms with Crippen LogP contribution >= 0.6 is 0 Å². The highest BCUT2D eigenvalue weighted by Gasteiger charge is 2.30. The van der Waals surface area contributed by atoms with Gasteiger partial charge in [0.1, 0.15) is 17.5 Å². The van der Waals surface area contributed by atoms with E-state index in [0.717, 1.165) is 31.8 Å². The highest BCUT2D eigenvalue weighted by Crippen LogP contribution is 2.33. The van der Waals surface area contributed by atoms with Gasteiger partial charge in [-0.25, -0.2) is 15.0 Å². The third-order valence-electron chi connectivity index (χ3n) is 5.99. The molecule has 1 fully saturated rings.